The maximum atomic E-state index is 11.8. The Morgan fingerprint density at radius 2 is 1.91 bits per heavy atom. The van der Waals surface area contributed by atoms with Crippen LogP contribution >= 0.6 is 12.4 Å². The Kier molecular flexibility index (Phi) is 8.40. The lowest BCUT2D eigenvalue weighted by atomic mass is 10.1. The molecule has 1 rings (SSSR count). The molecule has 0 spiro atoms. The molecule has 0 radical (unpaired) electrons. The molecule has 128 valence electrons. The van der Waals surface area contributed by atoms with Crippen molar-refractivity contribution in [2.24, 2.45) is 11.7 Å². The summed E-state index contributed by atoms with van der Waals surface area (Å²) >= 11 is 0. The predicted molar refractivity (Wildman–Crippen MR) is 86.5 cm³/mol. The van der Waals surface area contributed by atoms with E-state index in [-0.39, 0.29) is 54.7 Å². The molecule has 1 fully saturated rings. The van der Waals surface area contributed by atoms with Crippen LogP contribution in [0.1, 0.15) is 34.1 Å². The summed E-state index contributed by atoms with van der Waals surface area (Å²) in [5.41, 5.74) is 5.68. The second-order valence-electron chi connectivity index (χ2n) is 6.10. The van der Waals surface area contributed by atoms with E-state index in [1.807, 2.05) is 27.7 Å². The van der Waals surface area contributed by atoms with Crippen LogP contribution in [0.2, 0.25) is 0 Å². The van der Waals surface area contributed by atoms with Crippen molar-refractivity contribution in [3.63, 3.8) is 0 Å². The molecular weight excluding hydrogens is 308 g/mol. The molecule has 0 bridgehead atoms. The molecule has 1 saturated heterocycles. The summed E-state index contributed by atoms with van der Waals surface area (Å²) in [7, 11) is 0. The first-order chi connectivity index (χ1) is 9.72. The van der Waals surface area contributed by atoms with Gasteiger partial charge in [0.25, 0.3) is 0 Å². The van der Waals surface area contributed by atoms with Gasteiger partial charge in [-0.05, 0) is 19.8 Å². The largest absolute Gasteiger partial charge is 0.350 e. The van der Waals surface area contributed by atoms with Gasteiger partial charge >= 0.3 is 0 Å². The molecule has 4 N–H and O–H groups in total. The molecule has 0 saturated carbocycles. The van der Waals surface area contributed by atoms with Crippen molar-refractivity contribution in [3.8, 4) is 0 Å². The van der Waals surface area contributed by atoms with Crippen molar-refractivity contribution < 1.29 is 14.4 Å². The highest BCUT2D eigenvalue weighted by Crippen LogP contribution is 2.13. The molecule has 1 aliphatic rings. The van der Waals surface area contributed by atoms with Crippen LogP contribution in [0.4, 0.5) is 0 Å². The molecule has 7 nitrogen and oxygen atoms in total. The zero-order valence-corrected chi connectivity index (χ0v) is 14.4. The van der Waals surface area contributed by atoms with Gasteiger partial charge in [0.2, 0.25) is 17.7 Å². The Balaban J connectivity index is 0.00000441. The van der Waals surface area contributed by atoms with Gasteiger partial charge in [0.1, 0.15) is 0 Å². The third-order valence-corrected chi connectivity index (χ3v) is 3.59. The van der Waals surface area contributed by atoms with Crippen molar-refractivity contribution in [1.29, 1.82) is 0 Å². The number of carbonyl (C=O) groups is 3. The van der Waals surface area contributed by atoms with E-state index >= 15 is 0 Å². The Labute approximate surface area is 137 Å². The molecule has 8 heteroatoms. The topological polar surface area (TPSA) is 105 Å². The molecule has 2 atom stereocenters. The number of rotatable bonds is 6. The van der Waals surface area contributed by atoms with E-state index in [0.717, 1.165) is 0 Å². The second-order valence-corrected chi connectivity index (χ2v) is 6.10. The second kappa shape index (κ2) is 8.95. The van der Waals surface area contributed by atoms with Gasteiger partial charge in [-0.1, -0.05) is 13.8 Å². The standard InChI is InChI=1S/C14H26N4O3.ClH/c1-8(2)13(15)14(21)16-6-11(19)17-10-5-12(20)18(7-10)9(3)4;/h8-10,13H,5-7,15H2,1-4H3,(H,16,21)(H,17,19);1H/t10?,13-;/m0./s1. The average Bonchev–Trinajstić information content (AvgIpc) is 2.75. The summed E-state index contributed by atoms with van der Waals surface area (Å²) in [5, 5.41) is 5.27. The summed E-state index contributed by atoms with van der Waals surface area (Å²) < 4.78 is 0. The minimum atomic E-state index is -0.623. The van der Waals surface area contributed by atoms with Gasteiger partial charge in [0, 0.05) is 19.0 Å². The predicted octanol–water partition coefficient (Wildman–Crippen LogP) is -0.367. The van der Waals surface area contributed by atoms with E-state index in [1.165, 1.54) is 0 Å². The number of halogens is 1. The SMILES string of the molecule is CC(C)[C@H](N)C(=O)NCC(=O)NC1CC(=O)N(C(C)C)C1.Cl. The number of hydrogen-bond acceptors (Lipinski definition) is 4. The van der Waals surface area contributed by atoms with Crippen molar-refractivity contribution in [1.82, 2.24) is 15.5 Å². The van der Waals surface area contributed by atoms with Crippen LogP contribution in [-0.4, -0.2) is 53.8 Å². The minimum absolute atomic E-state index is 0. The van der Waals surface area contributed by atoms with Gasteiger partial charge in [-0.25, -0.2) is 0 Å². The smallest absolute Gasteiger partial charge is 0.239 e. The van der Waals surface area contributed by atoms with Crippen LogP contribution in [0.15, 0.2) is 0 Å². The van der Waals surface area contributed by atoms with Gasteiger partial charge < -0.3 is 21.3 Å². The van der Waals surface area contributed by atoms with E-state index in [0.29, 0.717) is 13.0 Å². The summed E-state index contributed by atoms with van der Waals surface area (Å²) in [4.78, 5) is 36.9. The first-order valence-electron chi connectivity index (χ1n) is 7.34. The van der Waals surface area contributed by atoms with Crippen LogP contribution < -0.4 is 16.4 Å². The van der Waals surface area contributed by atoms with E-state index < -0.39 is 6.04 Å². The van der Waals surface area contributed by atoms with Gasteiger partial charge in [0.15, 0.2) is 0 Å². The number of hydrogen-bond donors (Lipinski definition) is 3. The van der Waals surface area contributed by atoms with Crippen molar-refractivity contribution >= 4 is 30.1 Å². The van der Waals surface area contributed by atoms with E-state index in [2.05, 4.69) is 10.6 Å². The fourth-order valence-electron chi connectivity index (χ4n) is 2.19. The fraction of sp³-hybridized carbons (Fsp3) is 0.786. The zero-order chi connectivity index (χ0) is 16.2. The molecule has 0 aromatic rings. The van der Waals surface area contributed by atoms with Crippen LogP contribution in [0.3, 0.4) is 0 Å². The molecule has 1 unspecified atom stereocenters. The van der Waals surface area contributed by atoms with Crippen molar-refractivity contribution in [3.05, 3.63) is 0 Å². The van der Waals surface area contributed by atoms with Crippen molar-refractivity contribution in [2.45, 2.75) is 52.2 Å². The molecule has 1 heterocycles. The first kappa shape index (κ1) is 20.7. The zero-order valence-electron chi connectivity index (χ0n) is 13.6. The third-order valence-electron chi connectivity index (χ3n) is 3.59. The van der Waals surface area contributed by atoms with Gasteiger partial charge in [0.05, 0.1) is 18.6 Å². The summed E-state index contributed by atoms with van der Waals surface area (Å²) in [6.45, 7) is 7.96. The number of amides is 3. The lowest BCUT2D eigenvalue weighted by Crippen LogP contribution is -2.48. The van der Waals surface area contributed by atoms with Crippen LogP contribution in [0, 0.1) is 5.92 Å². The molecule has 0 aliphatic carbocycles. The Bertz CT molecular complexity index is 415. The van der Waals surface area contributed by atoms with Crippen LogP contribution in [0.25, 0.3) is 0 Å². The summed E-state index contributed by atoms with van der Waals surface area (Å²) in [6.07, 6.45) is 0.309. The third kappa shape index (κ3) is 5.81. The average molecular weight is 335 g/mol. The first-order valence-corrected chi connectivity index (χ1v) is 7.34. The van der Waals surface area contributed by atoms with Crippen molar-refractivity contribution in [2.75, 3.05) is 13.1 Å². The summed E-state index contributed by atoms with van der Waals surface area (Å²) in [6, 6.07) is -0.687. The van der Waals surface area contributed by atoms with Gasteiger partial charge in [-0.3, -0.25) is 14.4 Å². The minimum Gasteiger partial charge on any atom is -0.350 e. The number of nitrogens with two attached hydrogens (primary N) is 1. The molecule has 0 aromatic carbocycles. The molecule has 0 aromatic heterocycles. The molecule has 1 aliphatic heterocycles. The lowest BCUT2D eigenvalue weighted by molar-refractivity contribution is -0.129. The Hall–Kier alpha value is -1.34. The van der Waals surface area contributed by atoms with Gasteiger partial charge in [-0.15, -0.1) is 12.4 Å². The van der Waals surface area contributed by atoms with E-state index in [1.54, 1.807) is 4.90 Å². The number of carbonyl (C=O) groups excluding carboxylic acids is 3. The lowest BCUT2D eigenvalue weighted by Gasteiger charge is -2.21. The van der Waals surface area contributed by atoms with Crippen LogP contribution in [-0.2, 0) is 14.4 Å². The highest BCUT2D eigenvalue weighted by Gasteiger charge is 2.31. The summed E-state index contributed by atoms with van der Waals surface area (Å²) in [5.74, 6) is -0.588. The normalized spacial score (nSPS) is 19.1. The van der Waals surface area contributed by atoms with Gasteiger partial charge in [-0.2, -0.15) is 0 Å². The molecule has 22 heavy (non-hydrogen) atoms. The Morgan fingerprint density at radius 1 is 1.32 bits per heavy atom. The van der Waals surface area contributed by atoms with Crippen LogP contribution in [0.5, 0.6) is 0 Å². The van der Waals surface area contributed by atoms with E-state index in [4.69, 9.17) is 5.73 Å². The monoisotopic (exact) mass is 334 g/mol. The molecule has 3 amide bonds. The number of likely N-dealkylation sites (tertiary alicyclic amines) is 1. The maximum Gasteiger partial charge on any atom is 0.239 e. The number of nitrogens with zero attached hydrogens (tertiary/aromatic N) is 1. The maximum absolute atomic E-state index is 11.8. The van der Waals surface area contributed by atoms with E-state index in [9.17, 15) is 14.4 Å². The fourth-order valence-corrected chi connectivity index (χ4v) is 2.19. The number of nitrogens with one attached hydrogen (secondary N) is 2. The highest BCUT2D eigenvalue weighted by atomic mass is 35.5. The quantitative estimate of drug-likeness (QED) is 0.616. The highest BCUT2D eigenvalue weighted by molar-refractivity contribution is 5.88. The molecular formula is C14H27ClN4O3. The Morgan fingerprint density at radius 3 is 2.36 bits per heavy atom.